The van der Waals surface area contributed by atoms with Crippen molar-refractivity contribution in [2.75, 3.05) is 0 Å². The van der Waals surface area contributed by atoms with Gasteiger partial charge in [0, 0.05) is 21.1 Å². The summed E-state index contributed by atoms with van der Waals surface area (Å²) in [6, 6.07) is 5.06. The molecule has 0 amide bonds. The molecule has 0 aliphatic carbocycles. The van der Waals surface area contributed by atoms with E-state index < -0.39 is 10.1 Å². The molecule has 0 aliphatic heterocycles. The zero-order valence-electron chi connectivity index (χ0n) is 6.47. The second kappa shape index (κ2) is 4.74. The van der Waals surface area contributed by atoms with Gasteiger partial charge in [-0.2, -0.15) is 7.11 Å². The van der Waals surface area contributed by atoms with Gasteiger partial charge >= 0.3 is 0 Å². The van der Waals surface area contributed by atoms with Crippen LogP contribution < -0.4 is 4.74 Å². The Labute approximate surface area is 90.9 Å². The summed E-state index contributed by atoms with van der Waals surface area (Å²) in [7, 11) is -1.23. The Morgan fingerprint density at radius 1 is 1.23 bits per heavy atom. The van der Waals surface area contributed by atoms with Gasteiger partial charge in [-0.3, -0.25) is 0 Å². The molecule has 0 heterocycles. The maximum Gasteiger partial charge on any atom is 0.124 e. The molecule has 0 aliphatic rings. The fourth-order valence-electron chi connectivity index (χ4n) is 0.703. The van der Waals surface area contributed by atoms with Crippen molar-refractivity contribution in [3.05, 3.63) is 31.4 Å². The van der Waals surface area contributed by atoms with Gasteiger partial charge in [-0.1, -0.05) is 0 Å². The van der Waals surface area contributed by atoms with E-state index in [1.54, 1.807) is 0 Å². The van der Waals surface area contributed by atoms with Crippen LogP contribution in [0.25, 0.3) is 0 Å². The van der Waals surface area contributed by atoms with Crippen LogP contribution in [0.3, 0.4) is 0 Å². The van der Waals surface area contributed by atoms with Gasteiger partial charge in [0.15, 0.2) is 0 Å². The number of hydrogen-bond acceptors (Lipinski definition) is 4. The van der Waals surface area contributed by atoms with Gasteiger partial charge in [0.25, 0.3) is 0 Å². The minimum absolute atomic E-state index is 0. The molecule has 0 radical (unpaired) electrons. The Kier molecular flexibility index (Phi) is 4.60. The molecule has 4 nitrogen and oxygen atoms in total. The normalized spacial score (nSPS) is 10.3. The average molecular weight is 370 g/mol. The molecule has 1 aromatic rings. The van der Waals surface area contributed by atoms with Crippen molar-refractivity contribution in [2.45, 2.75) is 4.90 Å². The van der Waals surface area contributed by atoms with Crippen LogP contribution >= 0.6 is 0 Å². The van der Waals surface area contributed by atoms with Crippen molar-refractivity contribution >= 4 is 10.1 Å². The van der Waals surface area contributed by atoms with Gasteiger partial charge in [0.05, 0.1) is 10.6 Å². The zero-order valence-corrected chi connectivity index (χ0v) is 10.2. The van der Waals surface area contributed by atoms with Crippen LogP contribution in [0.15, 0.2) is 29.2 Å². The minimum atomic E-state index is -4.35. The average Bonchev–Trinajstić information content (AvgIpc) is 2.03. The van der Waals surface area contributed by atoms with E-state index in [0.717, 1.165) is 0 Å². The molecule has 0 unspecified atom stereocenters. The van der Waals surface area contributed by atoms with Gasteiger partial charge in [-0.25, -0.2) is 8.42 Å². The van der Waals surface area contributed by atoms with Gasteiger partial charge in [0.1, 0.15) is 10.1 Å². The number of benzene rings is 1. The molecule has 0 aromatic heterocycles. The largest absolute Gasteiger partial charge is 0.744 e. The molecule has 0 saturated heterocycles. The van der Waals surface area contributed by atoms with Gasteiger partial charge in [-0.05, 0) is 24.3 Å². The van der Waals surface area contributed by atoms with Crippen molar-refractivity contribution in [2.24, 2.45) is 0 Å². The van der Waals surface area contributed by atoms with Crippen LogP contribution in [0.5, 0.6) is 5.75 Å². The first-order valence-corrected chi connectivity index (χ1v) is 4.43. The predicted molar refractivity (Wildman–Crippen MR) is 40.4 cm³/mol. The predicted octanol–water partition coefficient (Wildman–Crippen LogP) is 0.759. The quantitative estimate of drug-likeness (QED) is 0.570. The molecule has 1 rings (SSSR count). The van der Waals surface area contributed by atoms with E-state index in [4.69, 9.17) is 0 Å². The molecule has 1 aromatic carbocycles. The van der Waals surface area contributed by atoms with E-state index in [-0.39, 0.29) is 26.0 Å². The molecular weight excluding hydrogens is 364 g/mol. The minimum Gasteiger partial charge on any atom is -0.744 e. The van der Waals surface area contributed by atoms with E-state index in [1.165, 1.54) is 24.3 Å². The summed E-state index contributed by atoms with van der Waals surface area (Å²) >= 11 is 0. The first-order valence-electron chi connectivity index (χ1n) is 3.02. The maximum atomic E-state index is 10.4. The molecule has 0 fully saturated rings. The third-order valence-corrected chi connectivity index (χ3v) is 2.13. The molecule has 0 saturated carbocycles. The first-order chi connectivity index (χ1) is 5.54. The van der Waals surface area contributed by atoms with Crippen LogP contribution in [0, 0.1) is 7.11 Å². The summed E-state index contributed by atoms with van der Waals surface area (Å²) in [4.78, 5) is -0.275. The van der Waals surface area contributed by atoms with E-state index in [0.29, 0.717) is 5.75 Å². The summed E-state index contributed by atoms with van der Waals surface area (Å²) in [6.45, 7) is 0. The number of rotatable bonds is 2. The summed E-state index contributed by atoms with van der Waals surface area (Å²) in [5.74, 6) is 0.405. The van der Waals surface area contributed by atoms with E-state index in [1.807, 2.05) is 0 Å². The van der Waals surface area contributed by atoms with Crippen molar-refractivity contribution in [3.8, 4) is 5.75 Å². The Morgan fingerprint density at radius 2 is 1.69 bits per heavy atom. The Bertz CT molecular complexity index is 357. The maximum absolute atomic E-state index is 10.4. The molecule has 0 spiro atoms. The monoisotopic (exact) mass is 370 g/mol. The third kappa shape index (κ3) is 3.46. The Hall–Kier alpha value is -0.382. The number of ether oxygens (including phenoxy) is 1. The van der Waals surface area contributed by atoms with Crippen LogP contribution in [0.2, 0.25) is 0 Å². The van der Waals surface area contributed by atoms with Crippen molar-refractivity contribution in [1.29, 1.82) is 0 Å². The van der Waals surface area contributed by atoms with Crippen LogP contribution in [0.4, 0.5) is 0 Å². The standard InChI is InChI=1S/C7H7O4S.W/c1-11-6-2-4-7(5-3-6)12(8,9)10;/h2-5H,1H2,(H,8,9,10);/q-1;/p-1. The zero-order chi connectivity index (χ0) is 9.19. The first kappa shape index (κ1) is 12.6. The van der Waals surface area contributed by atoms with E-state index >= 15 is 0 Å². The van der Waals surface area contributed by atoms with Gasteiger partial charge < -0.3 is 9.29 Å². The third-order valence-electron chi connectivity index (χ3n) is 1.28. The van der Waals surface area contributed by atoms with Gasteiger partial charge in [-0.15, -0.1) is 0 Å². The number of hydrogen-bond donors (Lipinski definition) is 0. The van der Waals surface area contributed by atoms with E-state index in [2.05, 4.69) is 11.8 Å². The Balaban J connectivity index is 0.00000144. The van der Waals surface area contributed by atoms with Crippen LogP contribution in [-0.4, -0.2) is 13.0 Å². The summed E-state index contributed by atoms with van der Waals surface area (Å²) in [5.41, 5.74) is 0. The summed E-state index contributed by atoms with van der Waals surface area (Å²) < 4.78 is 35.8. The smallest absolute Gasteiger partial charge is 0.124 e. The fourth-order valence-corrected chi connectivity index (χ4v) is 1.17. The summed E-state index contributed by atoms with van der Waals surface area (Å²) in [6.07, 6.45) is 0. The second-order valence-electron chi connectivity index (χ2n) is 2.07. The van der Waals surface area contributed by atoms with Crippen molar-refractivity contribution in [1.82, 2.24) is 0 Å². The summed E-state index contributed by atoms with van der Waals surface area (Å²) in [5, 5.41) is 0. The Morgan fingerprint density at radius 3 is 2.00 bits per heavy atom. The van der Waals surface area contributed by atoms with Crippen molar-refractivity contribution in [3.63, 3.8) is 0 Å². The van der Waals surface area contributed by atoms with Gasteiger partial charge in [0.2, 0.25) is 0 Å². The second-order valence-corrected chi connectivity index (χ2v) is 3.45. The topological polar surface area (TPSA) is 66.4 Å². The molecule has 13 heavy (non-hydrogen) atoms. The molecule has 0 N–H and O–H groups in total. The molecule has 72 valence electrons. The molecular formula is C7H6O4SW-2. The SMILES string of the molecule is [CH2-]Oc1ccc(S(=O)(=O)[O-])cc1.[W]. The molecule has 6 heteroatoms. The van der Waals surface area contributed by atoms with Crippen LogP contribution in [-0.2, 0) is 31.2 Å². The molecule has 0 bridgehead atoms. The molecule has 0 atom stereocenters. The fraction of sp³-hybridized carbons (Fsp3) is 0. The van der Waals surface area contributed by atoms with Crippen LogP contribution in [0.1, 0.15) is 0 Å². The van der Waals surface area contributed by atoms with Crippen molar-refractivity contribution < 1.29 is 38.8 Å². The van der Waals surface area contributed by atoms with E-state index in [9.17, 15) is 13.0 Å².